The molecule has 0 saturated carbocycles. The monoisotopic (exact) mass is 275 g/mol. The van der Waals surface area contributed by atoms with Crippen LogP contribution < -0.4 is 11.1 Å². The third-order valence-electron chi connectivity index (χ3n) is 4.24. The van der Waals surface area contributed by atoms with Crippen LogP contribution in [-0.2, 0) is 0 Å². The Morgan fingerprint density at radius 2 is 2.10 bits per heavy atom. The van der Waals surface area contributed by atoms with E-state index < -0.39 is 0 Å². The first kappa shape index (κ1) is 14.9. The van der Waals surface area contributed by atoms with Crippen LogP contribution in [0.2, 0.25) is 0 Å². The summed E-state index contributed by atoms with van der Waals surface area (Å²) in [6.45, 7) is 8.33. The largest absolute Gasteiger partial charge is 0.399 e. The van der Waals surface area contributed by atoms with E-state index in [0.29, 0.717) is 11.5 Å². The van der Waals surface area contributed by atoms with E-state index in [9.17, 15) is 4.79 Å². The van der Waals surface area contributed by atoms with Gasteiger partial charge in [-0.3, -0.25) is 4.79 Å². The Labute approximate surface area is 121 Å². The van der Waals surface area contributed by atoms with Crippen LogP contribution in [0.15, 0.2) is 18.2 Å². The van der Waals surface area contributed by atoms with Crippen LogP contribution in [0.25, 0.3) is 0 Å². The number of hydrogen-bond acceptors (Lipinski definition) is 3. The van der Waals surface area contributed by atoms with E-state index in [1.165, 1.54) is 12.8 Å². The van der Waals surface area contributed by atoms with Gasteiger partial charge in [-0.15, -0.1) is 0 Å². The summed E-state index contributed by atoms with van der Waals surface area (Å²) in [5.74, 6) is 0.614. The van der Waals surface area contributed by atoms with Gasteiger partial charge in [0, 0.05) is 17.8 Å². The summed E-state index contributed by atoms with van der Waals surface area (Å²) in [4.78, 5) is 14.6. The quantitative estimate of drug-likeness (QED) is 0.827. The third kappa shape index (κ3) is 3.73. The number of aryl methyl sites for hydroxylation is 1. The molecule has 1 fully saturated rings. The molecule has 4 nitrogen and oxygen atoms in total. The van der Waals surface area contributed by atoms with Crippen molar-refractivity contribution >= 4 is 11.6 Å². The summed E-state index contributed by atoms with van der Waals surface area (Å²) in [5, 5.41) is 3.05. The van der Waals surface area contributed by atoms with Crippen LogP contribution in [0.1, 0.15) is 35.7 Å². The SMILES string of the molecule is CCN1CCC(CNC(=O)c2ccc(N)c(C)c2)CC1. The summed E-state index contributed by atoms with van der Waals surface area (Å²) in [5.41, 5.74) is 8.15. The van der Waals surface area contributed by atoms with Crippen molar-refractivity contribution in [2.24, 2.45) is 5.92 Å². The highest BCUT2D eigenvalue weighted by Crippen LogP contribution is 2.16. The third-order valence-corrected chi connectivity index (χ3v) is 4.24. The Hall–Kier alpha value is -1.55. The number of nitrogen functional groups attached to an aromatic ring is 1. The average molecular weight is 275 g/mol. The highest BCUT2D eigenvalue weighted by molar-refractivity contribution is 5.94. The minimum absolute atomic E-state index is 0.00558. The predicted molar refractivity (Wildman–Crippen MR) is 82.8 cm³/mol. The maximum absolute atomic E-state index is 12.1. The number of hydrogen-bond donors (Lipinski definition) is 2. The molecule has 1 aliphatic heterocycles. The van der Waals surface area contributed by atoms with Gasteiger partial charge < -0.3 is 16.0 Å². The normalized spacial score (nSPS) is 17.1. The Bertz CT molecular complexity index is 465. The molecule has 110 valence electrons. The molecule has 0 spiro atoms. The summed E-state index contributed by atoms with van der Waals surface area (Å²) < 4.78 is 0. The van der Waals surface area contributed by atoms with Crippen LogP contribution in [0.3, 0.4) is 0 Å². The van der Waals surface area contributed by atoms with Gasteiger partial charge in [0.25, 0.3) is 5.91 Å². The average Bonchev–Trinajstić information content (AvgIpc) is 2.48. The van der Waals surface area contributed by atoms with Crippen molar-refractivity contribution in [3.8, 4) is 0 Å². The van der Waals surface area contributed by atoms with Crippen molar-refractivity contribution in [1.82, 2.24) is 10.2 Å². The number of piperidine rings is 1. The molecule has 3 N–H and O–H groups in total. The molecule has 20 heavy (non-hydrogen) atoms. The number of nitrogens with zero attached hydrogens (tertiary/aromatic N) is 1. The van der Waals surface area contributed by atoms with Gasteiger partial charge in [0.1, 0.15) is 0 Å². The van der Waals surface area contributed by atoms with Gasteiger partial charge in [-0.2, -0.15) is 0 Å². The zero-order valence-corrected chi connectivity index (χ0v) is 12.5. The molecule has 1 aromatic carbocycles. The molecule has 2 rings (SSSR count). The molecule has 0 radical (unpaired) electrons. The predicted octanol–water partition coefficient (Wildman–Crippen LogP) is 2.04. The number of anilines is 1. The van der Waals surface area contributed by atoms with E-state index in [1.54, 1.807) is 12.1 Å². The minimum Gasteiger partial charge on any atom is -0.399 e. The lowest BCUT2D eigenvalue weighted by atomic mass is 9.96. The van der Waals surface area contributed by atoms with Gasteiger partial charge in [-0.1, -0.05) is 6.92 Å². The van der Waals surface area contributed by atoms with Gasteiger partial charge in [0.15, 0.2) is 0 Å². The molecular formula is C16H25N3O. The Morgan fingerprint density at radius 3 is 2.70 bits per heavy atom. The summed E-state index contributed by atoms with van der Waals surface area (Å²) >= 11 is 0. The number of rotatable bonds is 4. The van der Waals surface area contributed by atoms with Crippen molar-refractivity contribution in [3.05, 3.63) is 29.3 Å². The zero-order valence-electron chi connectivity index (χ0n) is 12.5. The molecule has 4 heteroatoms. The molecule has 1 heterocycles. The molecule has 1 saturated heterocycles. The maximum Gasteiger partial charge on any atom is 0.251 e. The van der Waals surface area contributed by atoms with Crippen LogP contribution >= 0.6 is 0 Å². The lowest BCUT2D eigenvalue weighted by Gasteiger charge is -2.31. The Kier molecular flexibility index (Phi) is 5.01. The Morgan fingerprint density at radius 1 is 1.40 bits per heavy atom. The smallest absolute Gasteiger partial charge is 0.251 e. The molecule has 0 unspecified atom stereocenters. The topological polar surface area (TPSA) is 58.4 Å². The number of nitrogens with two attached hydrogens (primary N) is 1. The van der Waals surface area contributed by atoms with Crippen molar-refractivity contribution in [1.29, 1.82) is 0 Å². The summed E-state index contributed by atoms with van der Waals surface area (Å²) in [7, 11) is 0. The fraction of sp³-hybridized carbons (Fsp3) is 0.562. The van der Waals surface area contributed by atoms with E-state index in [4.69, 9.17) is 5.73 Å². The van der Waals surface area contributed by atoms with E-state index in [0.717, 1.165) is 37.4 Å². The first-order valence-electron chi connectivity index (χ1n) is 7.46. The van der Waals surface area contributed by atoms with Gasteiger partial charge in [-0.25, -0.2) is 0 Å². The molecule has 1 aliphatic rings. The van der Waals surface area contributed by atoms with Crippen molar-refractivity contribution in [2.45, 2.75) is 26.7 Å². The number of amides is 1. The lowest BCUT2D eigenvalue weighted by Crippen LogP contribution is -2.38. The van der Waals surface area contributed by atoms with Crippen molar-refractivity contribution < 1.29 is 4.79 Å². The second-order valence-electron chi connectivity index (χ2n) is 5.66. The van der Waals surface area contributed by atoms with Crippen molar-refractivity contribution in [3.63, 3.8) is 0 Å². The van der Waals surface area contributed by atoms with Crippen LogP contribution in [0.5, 0.6) is 0 Å². The summed E-state index contributed by atoms with van der Waals surface area (Å²) in [6.07, 6.45) is 2.35. The lowest BCUT2D eigenvalue weighted by molar-refractivity contribution is 0.0937. The van der Waals surface area contributed by atoms with Gasteiger partial charge >= 0.3 is 0 Å². The Balaban J connectivity index is 1.82. The number of carbonyl (C=O) groups is 1. The highest BCUT2D eigenvalue weighted by atomic mass is 16.1. The van der Waals surface area contributed by atoms with Crippen LogP contribution in [0.4, 0.5) is 5.69 Å². The minimum atomic E-state index is 0.00558. The second-order valence-corrected chi connectivity index (χ2v) is 5.66. The highest BCUT2D eigenvalue weighted by Gasteiger charge is 2.18. The second kappa shape index (κ2) is 6.75. The first-order valence-corrected chi connectivity index (χ1v) is 7.46. The van der Waals surface area contributed by atoms with E-state index >= 15 is 0 Å². The van der Waals surface area contributed by atoms with E-state index in [2.05, 4.69) is 17.1 Å². The van der Waals surface area contributed by atoms with Crippen molar-refractivity contribution in [2.75, 3.05) is 31.9 Å². The molecule has 0 bridgehead atoms. The maximum atomic E-state index is 12.1. The van der Waals surface area contributed by atoms with E-state index in [-0.39, 0.29) is 5.91 Å². The number of nitrogens with one attached hydrogen (secondary N) is 1. The number of likely N-dealkylation sites (tertiary alicyclic amines) is 1. The van der Waals surface area contributed by atoms with Gasteiger partial charge in [0.05, 0.1) is 0 Å². The fourth-order valence-electron chi connectivity index (χ4n) is 2.66. The van der Waals surface area contributed by atoms with Crippen LogP contribution in [0, 0.1) is 12.8 Å². The molecule has 1 aromatic rings. The fourth-order valence-corrected chi connectivity index (χ4v) is 2.66. The van der Waals surface area contributed by atoms with E-state index in [1.807, 2.05) is 13.0 Å². The molecule has 0 atom stereocenters. The van der Waals surface area contributed by atoms with Gasteiger partial charge in [-0.05, 0) is 69.1 Å². The number of benzene rings is 1. The van der Waals surface area contributed by atoms with Gasteiger partial charge in [0.2, 0.25) is 0 Å². The summed E-state index contributed by atoms with van der Waals surface area (Å²) in [6, 6.07) is 5.44. The standard InChI is InChI=1S/C16H25N3O/c1-3-19-8-6-13(7-9-19)11-18-16(20)14-4-5-15(17)12(2)10-14/h4-5,10,13H,3,6-9,11,17H2,1-2H3,(H,18,20). The number of carbonyl (C=O) groups excluding carboxylic acids is 1. The molecule has 0 aromatic heterocycles. The first-order chi connectivity index (χ1) is 9.60. The van der Waals surface area contributed by atoms with Crippen LogP contribution in [-0.4, -0.2) is 37.0 Å². The molecule has 1 amide bonds. The zero-order chi connectivity index (χ0) is 14.5. The molecular weight excluding hydrogens is 250 g/mol. The molecule has 0 aliphatic carbocycles.